The van der Waals surface area contributed by atoms with Gasteiger partial charge in [-0.15, -0.1) is 0 Å². The average molecular weight is 1060 g/mol. The molecule has 0 bridgehead atoms. The summed E-state index contributed by atoms with van der Waals surface area (Å²) in [7, 11) is 0. The van der Waals surface area contributed by atoms with Crippen molar-refractivity contribution in [3.8, 4) is 11.1 Å². The smallest absolute Gasteiger partial charge is 0.317 e. The van der Waals surface area contributed by atoms with Crippen molar-refractivity contribution in [1.82, 2.24) is 59.5 Å². The first-order chi connectivity index (χ1) is 34.3. The van der Waals surface area contributed by atoms with E-state index >= 15 is 0 Å². The molecule has 4 fully saturated rings. The normalized spacial score (nSPS) is 21.1. The van der Waals surface area contributed by atoms with Crippen molar-refractivity contribution in [2.75, 3.05) is 62.2 Å². The highest BCUT2D eigenvalue weighted by atomic mass is 79.9. The first-order valence-electron chi connectivity index (χ1n) is 24.0. The number of hydrogen-bond acceptors (Lipinski definition) is 10. The zero-order chi connectivity index (χ0) is 47.3. The lowest BCUT2D eigenvalue weighted by Gasteiger charge is -2.36. The van der Waals surface area contributed by atoms with Gasteiger partial charge >= 0.3 is 12.1 Å². The van der Waals surface area contributed by atoms with Crippen LogP contribution in [-0.2, 0) is 12.8 Å². The van der Waals surface area contributed by atoms with E-state index < -0.39 is 0 Å². The number of aryl methyl sites for hydroxylation is 2. The molecule has 6 aliphatic rings. The number of piperazine rings is 2. The lowest BCUT2D eigenvalue weighted by atomic mass is 10.0. The van der Waals surface area contributed by atoms with E-state index in [1.807, 2.05) is 22.2 Å². The summed E-state index contributed by atoms with van der Waals surface area (Å²) >= 11 is 6.88. The second kappa shape index (κ2) is 18.8. The average Bonchev–Trinajstić information content (AvgIpc) is 4.28. The van der Waals surface area contributed by atoms with Crippen LogP contribution in [0.15, 0.2) is 131 Å². The van der Waals surface area contributed by atoms with E-state index in [9.17, 15) is 9.59 Å². The predicted octanol–water partition coefficient (Wildman–Crippen LogP) is 8.03. The van der Waals surface area contributed by atoms with Gasteiger partial charge in [0.15, 0.2) is 0 Å². The Hall–Kier alpha value is -6.92. The van der Waals surface area contributed by atoms with Crippen molar-refractivity contribution in [2.24, 2.45) is 0 Å². The van der Waals surface area contributed by atoms with E-state index in [1.54, 1.807) is 12.4 Å². The van der Waals surface area contributed by atoms with Crippen molar-refractivity contribution in [3.05, 3.63) is 154 Å². The Morgan fingerprint density at radius 3 is 1.53 bits per heavy atom. The van der Waals surface area contributed by atoms with Crippen LogP contribution in [0.3, 0.4) is 0 Å². The molecule has 4 saturated heterocycles. The minimum atomic E-state index is 0.0390. The summed E-state index contributed by atoms with van der Waals surface area (Å²) in [6.07, 6.45) is 11.6. The van der Waals surface area contributed by atoms with Gasteiger partial charge in [0.2, 0.25) is 11.9 Å². The second-order valence-corrected chi connectivity index (χ2v) is 20.3. The lowest BCUT2D eigenvalue weighted by molar-refractivity contribution is 0.196. The quantitative estimate of drug-likeness (QED) is 0.173. The highest BCUT2D eigenvalue weighted by molar-refractivity contribution is 9.10. The van der Waals surface area contributed by atoms with E-state index in [4.69, 9.17) is 9.97 Å². The summed E-state index contributed by atoms with van der Waals surface area (Å²) in [4.78, 5) is 59.0. The lowest BCUT2D eigenvalue weighted by Crippen LogP contribution is -2.52. The highest BCUT2D eigenvalue weighted by Gasteiger charge is 2.37. The zero-order valence-electron chi connectivity index (χ0n) is 38.3. The van der Waals surface area contributed by atoms with Gasteiger partial charge in [0.25, 0.3) is 0 Å². The first kappa shape index (κ1) is 44.3. The van der Waals surface area contributed by atoms with Gasteiger partial charge in [0.05, 0.1) is 50.7 Å². The number of fused-ring (bicyclic) bond motifs is 8. The van der Waals surface area contributed by atoms with Crippen LogP contribution in [0.25, 0.3) is 33.2 Å². The molecule has 10 heterocycles. The number of amides is 4. The van der Waals surface area contributed by atoms with Crippen molar-refractivity contribution >= 4 is 77.9 Å². The molecule has 4 aromatic heterocycles. The van der Waals surface area contributed by atoms with Gasteiger partial charge in [-0.05, 0) is 75.8 Å². The summed E-state index contributed by atoms with van der Waals surface area (Å²) < 4.78 is 6.79. The summed E-state index contributed by atoms with van der Waals surface area (Å²) in [6.45, 7) is 5.92. The van der Waals surface area contributed by atoms with Gasteiger partial charge in [-0.3, -0.25) is 0 Å². The minimum absolute atomic E-state index is 0.0390. The largest absolute Gasteiger partial charge is 0.337 e. The van der Waals surface area contributed by atoms with Crippen LogP contribution >= 0.6 is 31.9 Å². The Balaban J connectivity index is 0.000000118. The molecule has 14 rings (SSSR count). The molecule has 0 radical (unpaired) electrons. The van der Waals surface area contributed by atoms with Gasteiger partial charge in [0.1, 0.15) is 11.6 Å². The molecule has 4 aromatic carbocycles. The van der Waals surface area contributed by atoms with Crippen LogP contribution in [0, 0.1) is 0 Å². The van der Waals surface area contributed by atoms with Crippen molar-refractivity contribution in [1.29, 1.82) is 0 Å². The van der Waals surface area contributed by atoms with Crippen LogP contribution in [0.5, 0.6) is 0 Å². The summed E-state index contributed by atoms with van der Waals surface area (Å²) in [5.41, 5.74) is 9.32. The number of anilines is 2. The number of rotatable bonds is 5. The molecule has 70 heavy (non-hydrogen) atoms. The molecule has 4 amide bonds. The minimum Gasteiger partial charge on any atom is -0.337 e. The van der Waals surface area contributed by atoms with E-state index in [1.165, 1.54) is 22.5 Å². The number of carbonyl (C=O) groups is 2. The van der Waals surface area contributed by atoms with Gasteiger partial charge in [-0.2, -0.15) is 0 Å². The molecule has 0 saturated carbocycles. The van der Waals surface area contributed by atoms with Crippen LogP contribution in [0.2, 0.25) is 0 Å². The maximum atomic E-state index is 11.9. The Morgan fingerprint density at radius 1 is 0.514 bits per heavy atom. The van der Waals surface area contributed by atoms with E-state index in [0.717, 1.165) is 113 Å². The molecular formula is C52H50Br2N14O2. The fourth-order valence-corrected chi connectivity index (χ4v) is 11.5. The van der Waals surface area contributed by atoms with Crippen molar-refractivity contribution < 1.29 is 9.59 Å². The maximum Gasteiger partial charge on any atom is 0.317 e. The topological polar surface area (TPSA) is 158 Å². The number of benzene rings is 4. The third-order valence-corrected chi connectivity index (χ3v) is 15.3. The van der Waals surface area contributed by atoms with Crippen molar-refractivity contribution in [3.63, 3.8) is 0 Å². The standard InChI is InChI=1S/C26H25N7O.C16H13BrN2.C10H12BrN5O/c34-26-29-15-20-16-31(10-11-32(20)26)25-27-13-19(14-28-25)18-6-7-21-23(12-18)33-22(8-9-24(33)30-21)17-4-2-1-3-5-17;17-12-6-7-13-15(10-12)19-14(8-9-16(19)18-13)11-4-2-1-3-5-11;11-7-3-12-9(13-4-7)15-1-2-16-8(6-15)5-14-10(16)17/h1-7,12-14,20,22H,8-11,15-16H2,(H,29,34);1-7,10,14H,8-9H2;3-4,8H,1-2,5-6H2,(H,14,17)/t20-,22-;14-;8-/m111/s1. The fraction of sp³-hybridized carbons (Fsp3) is 0.308. The molecular weight excluding hydrogens is 1010 g/mol. The number of nitrogens with one attached hydrogen (secondary N) is 2. The summed E-state index contributed by atoms with van der Waals surface area (Å²) in [6, 6.07) is 35.4. The number of urea groups is 2. The van der Waals surface area contributed by atoms with Gasteiger partial charge in [0, 0.05) is 100 Å². The highest BCUT2D eigenvalue weighted by Crippen LogP contribution is 2.38. The second-order valence-electron chi connectivity index (χ2n) is 18.5. The van der Waals surface area contributed by atoms with Crippen LogP contribution in [0.4, 0.5) is 21.5 Å². The number of halogens is 2. The van der Waals surface area contributed by atoms with E-state index in [0.29, 0.717) is 31.7 Å². The van der Waals surface area contributed by atoms with Crippen LogP contribution < -0.4 is 20.4 Å². The number of aromatic nitrogens is 8. The number of imidazole rings is 2. The molecule has 0 unspecified atom stereocenters. The Labute approximate surface area is 421 Å². The SMILES string of the molecule is Brc1ccc2nc3n(c2c1)[C@@H](c1ccccc1)CC3.O=C1NC[C@@H]2CN(c3ncc(-c4ccc5nc6n(c5c4)[C@@H](c4ccccc4)CC6)cn3)CCN12.O=C1NC[C@@H]2CN(c3ncc(Br)cn3)CCN12. The molecule has 2 N–H and O–H groups in total. The zero-order valence-corrected chi connectivity index (χ0v) is 41.5. The third-order valence-electron chi connectivity index (χ3n) is 14.4. The molecule has 16 nitrogen and oxygen atoms in total. The predicted molar refractivity (Wildman–Crippen MR) is 276 cm³/mol. The van der Waals surface area contributed by atoms with E-state index in [2.05, 4.69) is 178 Å². The number of hydrogen-bond donors (Lipinski definition) is 2. The Morgan fingerprint density at radius 2 is 1.00 bits per heavy atom. The van der Waals surface area contributed by atoms with Gasteiger partial charge in [-0.1, -0.05) is 82.7 Å². The van der Waals surface area contributed by atoms with Crippen LogP contribution in [-0.4, -0.2) is 125 Å². The molecule has 18 heteroatoms. The third kappa shape index (κ3) is 8.50. The number of nitrogens with zero attached hydrogens (tertiary/aromatic N) is 12. The number of carbonyl (C=O) groups excluding carboxylic acids is 2. The van der Waals surface area contributed by atoms with E-state index in [-0.39, 0.29) is 24.1 Å². The Kier molecular flexibility index (Phi) is 11.9. The summed E-state index contributed by atoms with van der Waals surface area (Å²) in [5.74, 6) is 3.82. The van der Waals surface area contributed by atoms with Crippen LogP contribution in [0.1, 0.15) is 47.7 Å². The first-order valence-corrected chi connectivity index (χ1v) is 25.6. The van der Waals surface area contributed by atoms with Gasteiger partial charge in [-0.25, -0.2) is 39.5 Å². The molecule has 0 aliphatic carbocycles. The fourth-order valence-electron chi connectivity index (χ4n) is 10.9. The maximum absolute atomic E-state index is 11.9. The molecule has 6 aliphatic heterocycles. The molecule has 4 atom stereocenters. The Bertz CT molecular complexity index is 3210. The molecule has 354 valence electrons. The van der Waals surface area contributed by atoms with Gasteiger partial charge < -0.3 is 39.4 Å². The monoisotopic (exact) mass is 1060 g/mol. The van der Waals surface area contributed by atoms with Crippen molar-refractivity contribution in [2.45, 2.75) is 49.9 Å². The molecule has 0 spiro atoms. The molecule has 8 aromatic rings. The summed E-state index contributed by atoms with van der Waals surface area (Å²) in [5, 5.41) is 5.77.